The van der Waals surface area contributed by atoms with E-state index < -0.39 is 80.3 Å². The van der Waals surface area contributed by atoms with Gasteiger partial charge in [0.1, 0.15) is 50.0 Å². The Hall–Kier alpha value is -6.41. The summed E-state index contributed by atoms with van der Waals surface area (Å²) in [5, 5.41) is 63.4. The molecule has 1 amide bonds. The second kappa shape index (κ2) is 20.7. The van der Waals surface area contributed by atoms with E-state index in [0.29, 0.717) is 10.6 Å². The van der Waals surface area contributed by atoms with Gasteiger partial charge in [-0.15, -0.1) is 29.9 Å². The molecule has 0 saturated heterocycles. The third-order valence-electron chi connectivity index (χ3n) is 9.55. The minimum atomic E-state index is -4.91. The first-order valence-electron chi connectivity index (χ1n) is 18.9. The average Bonchev–Trinajstić information content (AvgIpc) is 3.26. The predicted molar refractivity (Wildman–Crippen MR) is 248 cm³/mol. The van der Waals surface area contributed by atoms with Crippen molar-refractivity contribution in [3.63, 3.8) is 0 Å². The summed E-state index contributed by atoms with van der Waals surface area (Å²) in [7, 11) is -14.6. The van der Waals surface area contributed by atoms with E-state index in [4.69, 9.17) is 15.7 Å². The fourth-order valence-corrected chi connectivity index (χ4v) is 8.99. The van der Waals surface area contributed by atoms with Gasteiger partial charge < -0.3 is 39.7 Å². The first kappa shape index (κ1) is 52.0. The van der Waals surface area contributed by atoms with E-state index in [0.717, 1.165) is 59.2 Å². The SMILES string of the molecule is CCOc1cc(N=Nc2ccc3c(SOOO)cccc3c2)c(NC(C)=O)cc1N=Nc1cc(O)c(N=Nc2c(S(O)(O)O)cc3cc(S(=O)(=O)O)c(N)cc3c2O)c2cc(S(=O)(=O)O)ccc12.[Cu]. The number of anilines is 2. The summed E-state index contributed by atoms with van der Waals surface area (Å²) in [5.41, 5.74) is 4.47. The van der Waals surface area contributed by atoms with Gasteiger partial charge in [-0.1, -0.05) is 29.3 Å². The molecule has 7 rings (SSSR count). The molecule has 0 aliphatic carbocycles. The van der Waals surface area contributed by atoms with E-state index in [1.807, 2.05) is 6.07 Å². The molecule has 0 atom stereocenters. The van der Waals surface area contributed by atoms with Crippen molar-refractivity contribution in [3.05, 3.63) is 91.0 Å². The number of rotatable bonds is 15. The Morgan fingerprint density at radius 3 is 2.04 bits per heavy atom. The number of hydrogen-bond acceptors (Lipinski definition) is 22. The number of ether oxygens (including phenoxy) is 1. The molecule has 24 nitrogen and oxygen atoms in total. The molecule has 11 N–H and O–H groups in total. The summed E-state index contributed by atoms with van der Waals surface area (Å²) in [6, 6.07) is 19.9. The molecule has 0 aliphatic heterocycles. The van der Waals surface area contributed by atoms with Crippen molar-refractivity contribution in [1.29, 1.82) is 0 Å². The number of carbonyl (C=O) groups excluding carboxylic acids is 1. The van der Waals surface area contributed by atoms with Gasteiger partial charge in [0.25, 0.3) is 20.2 Å². The van der Waals surface area contributed by atoms with E-state index in [9.17, 15) is 54.6 Å². The molecular weight excluding hydrogens is 1040 g/mol. The van der Waals surface area contributed by atoms with Gasteiger partial charge in [-0.3, -0.25) is 13.9 Å². The normalized spacial score (nSPS) is 12.7. The number of nitrogen functional groups attached to an aromatic ring is 1. The minimum absolute atomic E-state index is 0. The van der Waals surface area contributed by atoms with Crippen LogP contribution in [-0.2, 0) is 51.5 Å². The van der Waals surface area contributed by atoms with Crippen LogP contribution in [0.5, 0.6) is 17.2 Å². The van der Waals surface area contributed by atoms with Crippen molar-refractivity contribution in [2.24, 2.45) is 30.7 Å². The van der Waals surface area contributed by atoms with E-state index in [2.05, 4.69) is 45.4 Å². The summed E-state index contributed by atoms with van der Waals surface area (Å²) in [6.45, 7) is 3.07. The summed E-state index contributed by atoms with van der Waals surface area (Å²) >= 11 is 0.794. The van der Waals surface area contributed by atoms with Crippen LogP contribution in [0.4, 0.5) is 45.5 Å². The number of nitrogens with one attached hydrogen (secondary N) is 1. The molecule has 0 aliphatic rings. The molecule has 0 fully saturated rings. The summed E-state index contributed by atoms with van der Waals surface area (Å²) in [4.78, 5) is 10.6. The first-order valence-corrected chi connectivity index (χ1v) is 24.1. The third-order valence-corrected chi connectivity index (χ3v) is 12.9. The summed E-state index contributed by atoms with van der Waals surface area (Å²) in [6.07, 6.45) is 0. The quantitative estimate of drug-likeness (QED) is 0.00867. The Balaban J connectivity index is 0.00000782. The van der Waals surface area contributed by atoms with Crippen LogP contribution in [0.15, 0.2) is 141 Å². The van der Waals surface area contributed by atoms with Crippen molar-refractivity contribution in [2.45, 2.75) is 33.4 Å². The zero-order chi connectivity index (χ0) is 49.3. The van der Waals surface area contributed by atoms with Crippen molar-refractivity contribution in [1.82, 2.24) is 0 Å². The van der Waals surface area contributed by atoms with E-state index >= 15 is 0 Å². The topological polar surface area (TPSA) is 387 Å². The molecule has 0 unspecified atom stereocenters. The van der Waals surface area contributed by atoms with Gasteiger partial charge in [0, 0.05) is 57.2 Å². The number of benzene rings is 7. The molecule has 7 aromatic rings. The van der Waals surface area contributed by atoms with Crippen LogP contribution in [0.3, 0.4) is 0 Å². The number of phenolic OH excluding ortho intramolecular Hbond substituents is 2. The van der Waals surface area contributed by atoms with Crippen molar-refractivity contribution in [3.8, 4) is 17.2 Å². The van der Waals surface area contributed by atoms with E-state index in [1.54, 1.807) is 37.3 Å². The Bertz CT molecular complexity index is 3520. The van der Waals surface area contributed by atoms with Crippen LogP contribution in [-0.4, -0.2) is 67.6 Å². The number of nitrogens with zero attached hydrogens (tertiary/aromatic N) is 6. The van der Waals surface area contributed by atoms with Gasteiger partial charge in [-0.05, 0) is 77.7 Å². The Kier molecular flexibility index (Phi) is 15.6. The molecule has 29 heteroatoms. The van der Waals surface area contributed by atoms with Crippen LogP contribution in [0.1, 0.15) is 13.8 Å². The van der Waals surface area contributed by atoms with Gasteiger partial charge in [0.2, 0.25) is 5.91 Å². The Morgan fingerprint density at radius 1 is 0.696 bits per heavy atom. The summed E-state index contributed by atoms with van der Waals surface area (Å²) < 4.78 is 109. The average molecular weight is 1070 g/mol. The van der Waals surface area contributed by atoms with Gasteiger partial charge >= 0.3 is 0 Å². The second-order valence-electron chi connectivity index (χ2n) is 14.1. The number of carbonyl (C=O) groups is 1. The number of amides is 1. The second-order valence-corrected chi connectivity index (χ2v) is 19.1. The van der Waals surface area contributed by atoms with E-state index in [-0.39, 0.29) is 73.7 Å². The van der Waals surface area contributed by atoms with E-state index in [1.165, 1.54) is 25.1 Å². The standard InChI is InChI=1S/C40H34N8O16S4.Cu/c1-3-62-34-18-31(45-43-22-7-9-24-20(11-22)5-4-6-35(24)65-64-63-52)30(42-19(2)49)16-32(34)46-44-29-17-33(50)38(27-14-23(66(53,54)55)8-10-25(27)29)47-48-39-37(68(59,60)61)13-21-12-36(67(56,57)58)28(41)15-26(21)40(39)51;/h4-18,50-52,59-61H,3,41H2,1-2H3,(H,42,49)(H,53,54,55)(H,56,57,58);. The molecule has 7 aromatic carbocycles. The number of aromatic hydroxyl groups is 2. The minimum Gasteiger partial charge on any atom is -0.506 e. The summed E-state index contributed by atoms with van der Waals surface area (Å²) in [5.74, 6) is -2.08. The van der Waals surface area contributed by atoms with Gasteiger partial charge in [-0.2, -0.15) is 21.9 Å². The van der Waals surface area contributed by atoms with Crippen molar-refractivity contribution >= 4 is 127 Å². The molecular formula is C40H34CuN8O16S4. The number of nitrogens with two attached hydrogens (primary N) is 1. The molecule has 0 bridgehead atoms. The Morgan fingerprint density at radius 2 is 1.38 bits per heavy atom. The molecule has 0 aromatic heterocycles. The molecule has 0 heterocycles. The van der Waals surface area contributed by atoms with Crippen molar-refractivity contribution in [2.75, 3.05) is 17.7 Å². The number of hydrogen-bond donors (Lipinski definition) is 10. The first-order chi connectivity index (χ1) is 32.1. The van der Waals surface area contributed by atoms with Crippen LogP contribution < -0.4 is 15.8 Å². The molecule has 69 heavy (non-hydrogen) atoms. The number of azo groups is 3. The maximum atomic E-state index is 12.4. The molecule has 365 valence electrons. The third kappa shape index (κ3) is 11.6. The molecule has 1 radical (unpaired) electrons. The van der Waals surface area contributed by atoms with Gasteiger partial charge in [0.15, 0.2) is 5.75 Å². The number of phenols is 2. The predicted octanol–water partition coefficient (Wildman–Crippen LogP) is 11.2. The maximum absolute atomic E-state index is 12.4. The van der Waals surface area contributed by atoms with Crippen LogP contribution in [0.2, 0.25) is 0 Å². The van der Waals surface area contributed by atoms with Crippen LogP contribution >= 0.6 is 22.9 Å². The Labute approximate surface area is 405 Å². The monoisotopic (exact) mass is 1070 g/mol. The molecule has 0 spiro atoms. The smallest absolute Gasteiger partial charge is 0.296 e. The van der Waals surface area contributed by atoms with Crippen LogP contribution in [0.25, 0.3) is 32.3 Å². The van der Waals surface area contributed by atoms with Crippen molar-refractivity contribution < 1.29 is 91.0 Å². The fourth-order valence-electron chi connectivity index (χ4n) is 6.65. The number of fused-ring (bicyclic) bond motifs is 3. The maximum Gasteiger partial charge on any atom is 0.296 e. The van der Waals surface area contributed by atoms with Gasteiger partial charge in [0.05, 0.1) is 51.2 Å². The largest absolute Gasteiger partial charge is 0.506 e. The fraction of sp³-hybridized carbons (Fsp3) is 0.0750. The zero-order valence-electron chi connectivity index (χ0n) is 34.9. The molecule has 0 saturated carbocycles. The van der Waals surface area contributed by atoms with Crippen LogP contribution in [0, 0.1) is 0 Å². The zero-order valence-corrected chi connectivity index (χ0v) is 39.1. The van der Waals surface area contributed by atoms with Gasteiger partial charge in [-0.25, -0.2) is 5.26 Å².